The maximum atomic E-state index is 13.7. The van der Waals surface area contributed by atoms with Crippen LogP contribution in [0.5, 0.6) is 5.75 Å². The monoisotopic (exact) mass is 542 g/mol. The number of hydrogen-bond acceptors (Lipinski definition) is 8. The summed E-state index contributed by atoms with van der Waals surface area (Å²) in [4.78, 5) is 18.9. The number of rotatable bonds is 13. The molecule has 0 bridgehead atoms. The third kappa shape index (κ3) is 6.13. The molecule has 40 heavy (non-hydrogen) atoms. The number of benzene rings is 2. The molecule has 0 aliphatic carbocycles. The summed E-state index contributed by atoms with van der Waals surface area (Å²) in [5.74, 6) is 2.12. The van der Waals surface area contributed by atoms with Crippen molar-refractivity contribution in [1.29, 1.82) is 0 Å². The lowest BCUT2D eigenvalue weighted by Crippen LogP contribution is -2.35. The SMILES string of the molecule is CCOc1ccc(CN(Cc2ccco2)C(c2cc3cc(CC)ccc3[nH]c2=O)c2nnnn2CCOC)cc1. The largest absolute Gasteiger partial charge is 0.494 e. The zero-order valence-electron chi connectivity index (χ0n) is 23.0. The van der Waals surface area contributed by atoms with Crippen molar-refractivity contribution in [2.45, 2.75) is 45.9 Å². The molecule has 5 aromatic rings. The summed E-state index contributed by atoms with van der Waals surface area (Å²) in [6, 6.07) is 19.2. The second-order valence-corrected chi connectivity index (χ2v) is 9.55. The van der Waals surface area contributed by atoms with Gasteiger partial charge < -0.3 is 18.9 Å². The number of nitrogens with zero attached hydrogens (tertiary/aromatic N) is 5. The fraction of sp³-hybridized carbons (Fsp3) is 0.333. The number of pyridine rings is 1. The lowest BCUT2D eigenvalue weighted by Gasteiger charge is -2.30. The molecule has 1 unspecified atom stereocenters. The third-order valence-corrected chi connectivity index (χ3v) is 6.88. The Morgan fingerprint density at radius 3 is 2.60 bits per heavy atom. The molecule has 10 heteroatoms. The average molecular weight is 543 g/mol. The lowest BCUT2D eigenvalue weighted by molar-refractivity contribution is 0.163. The van der Waals surface area contributed by atoms with Crippen molar-refractivity contribution in [1.82, 2.24) is 30.1 Å². The van der Waals surface area contributed by atoms with Crippen LogP contribution < -0.4 is 10.3 Å². The van der Waals surface area contributed by atoms with E-state index in [2.05, 4.69) is 38.4 Å². The maximum Gasteiger partial charge on any atom is 0.253 e. The molecule has 0 spiro atoms. The van der Waals surface area contributed by atoms with Crippen LogP contribution in [0.2, 0.25) is 0 Å². The minimum Gasteiger partial charge on any atom is -0.494 e. The van der Waals surface area contributed by atoms with Gasteiger partial charge in [-0.2, -0.15) is 0 Å². The van der Waals surface area contributed by atoms with Gasteiger partial charge in [0.1, 0.15) is 17.6 Å². The maximum absolute atomic E-state index is 13.7. The summed E-state index contributed by atoms with van der Waals surface area (Å²) in [7, 11) is 1.63. The number of H-pyrrole nitrogens is 1. The average Bonchev–Trinajstić information content (AvgIpc) is 3.66. The summed E-state index contributed by atoms with van der Waals surface area (Å²) in [5, 5.41) is 13.6. The number of nitrogens with one attached hydrogen (secondary N) is 1. The quantitative estimate of drug-likeness (QED) is 0.231. The Kier molecular flexibility index (Phi) is 8.68. The summed E-state index contributed by atoms with van der Waals surface area (Å²) < 4.78 is 18.4. The molecule has 0 saturated heterocycles. The summed E-state index contributed by atoms with van der Waals surface area (Å²) >= 11 is 0. The first-order valence-electron chi connectivity index (χ1n) is 13.5. The standard InChI is InChI=1S/C30H34N6O4/c1-4-21-10-13-27-23(17-21)18-26(30(37)31-27)28(29-32-33-34-36(29)14-16-38-3)35(20-25-7-6-15-40-25)19-22-8-11-24(12-9-22)39-5-2/h6-13,15,17-18,28H,4-5,14,16,19-20H2,1-3H3,(H,31,37). The molecule has 0 saturated carbocycles. The first kappa shape index (κ1) is 27.3. The Bertz CT molecular complexity index is 1580. The van der Waals surface area contributed by atoms with Gasteiger partial charge in [-0.3, -0.25) is 9.69 Å². The fourth-order valence-electron chi connectivity index (χ4n) is 4.87. The Labute approximate surface area is 232 Å². The molecular formula is C30H34N6O4. The highest BCUT2D eigenvalue weighted by atomic mass is 16.5. The molecule has 0 aliphatic rings. The van der Waals surface area contributed by atoms with Crippen molar-refractivity contribution in [2.75, 3.05) is 20.3 Å². The van der Waals surface area contributed by atoms with Crippen LogP contribution in [0.1, 0.15) is 48.2 Å². The van der Waals surface area contributed by atoms with Gasteiger partial charge in [0.25, 0.3) is 5.56 Å². The third-order valence-electron chi connectivity index (χ3n) is 6.88. The zero-order chi connectivity index (χ0) is 27.9. The lowest BCUT2D eigenvalue weighted by atomic mass is 10.0. The van der Waals surface area contributed by atoms with Crippen molar-refractivity contribution in [2.24, 2.45) is 0 Å². The molecule has 0 radical (unpaired) electrons. The highest BCUT2D eigenvalue weighted by Gasteiger charge is 2.31. The van der Waals surface area contributed by atoms with Crippen LogP contribution in [0.4, 0.5) is 0 Å². The molecule has 3 heterocycles. The van der Waals surface area contributed by atoms with E-state index in [0.29, 0.717) is 44.2 Å². The Balaban J connectivity index is 1.65. The van der Waals surface area contributed by atoms with Crippen LogP contribution in [0.25, 0.3) is 10.9 Å². The van der Waals surface area contributed by atoms with Gasteiger partial charge in [-0.1, -0.05) is 25.1 Å². The fourth-order valence-corrected chi connectivity index (χ4v) is 4.87. The van der Waals surface area contributed by atoms with Gasteiger partial charge in [-0.15, -0.1) is 5.10 Å². The molecule has 10 nitrogen and oxygen atoms in total. The summed E-state index contributed by atoms with van der Waals surface area (Å²) in [5.41, 5.74) is 3.37. The van der Waals surface area contributed by atoms with Crippen molar-refractivity contribution in [3.8, 4) is 5.75 Å². The first-order chi connectivity index (χ1) is 19.6. The molecule has 5 rings (SSSR count). The van der Waals surface area contributed by atoms with E-state index in [1.54, 1.807) is 18.1 Å². The van der Waals surface area contributed by atoms with E-state index < -0.39 is 6.04 Å². The molecule has 0 fully saturated rings. The van der Waals surface area contributed by atoms with Crippen molar-refractivity contribution >= 4 is 10.9 Å². The van der Waals surface area contributed by atoms with Crippen molar-refractivity contribution < 1.29 is 13.9 Å². The van der Waals surface area contributed by atoms with E-state index in [9.17, 15) is 4.79 Å². The van der Waals surface area contributed by atoms with Crippen LogP contribution in [-0.4, -0.2) is 50.4 Å². The van der Waals surface area contributed by atoms with Gasteiger partial charge in [0.15, 0.2) is 5.82 Å². The predicted molar refractivity (Wildman–Crippen MR) is 151 cm³/mol. The molecule has 1 atom stereocenters. The van der Waals surface area contributed by atoms with E-state index in [0.717, 1.165) is 34.4 Å². The van der Waals surface area contributed by atoms with Crippen molar-refractivity contribution in [3.05, 3.63) is 106 Å². The summed E-state index contributed by atoms with van der Waals surface area (Å²) in [6.07, 6.45) is 2.54. The van der Waals surface area contributed by atoms with Gasteiger partial charge >= 0.3 is 0 Å². The van der Waals surface area contributed by atoms with Crippen LogP contribution in [-0.2, 0) is 30.8 Å². The second kappa shape index (κ2) is 12.7. The number of aromatic nitrogens is 5. The molecule has 2 aromatic carbocycles. The van der Waals surface area contributed by atoms with E-state index >= 15 is 0 Å². The number of ether oxygens (including phenoxy) is 2. The molecule has 0 aliphatic heterocycles. The number of aryl methyl sites for hydroxylation is 1. The van der Waals surface area contributed by atoms with Gasteiger partial charge in [-0.25, -0.2) is 4.68 Å². The number of methoxy groups -OCH3 is 1. The van der Waals surface area contributed by atoms with Gasteiger partial charge in [0, 0.05) is 24.7 Å². The van der Waals surface area contributed by atoms with Crippen molar-refractivity contribution in [3.63, 3.8) is 0 Å². The number of hydrogen-bond donors (Lipinski definition) is 1. The van der Waals surface area contributed by atoms with Crippen LogP contribution in [0.15, 0.2) is 76.1 Å². The normalized spacial score (nSPS) is 12.3. The van der Waals surface area contributed by atoms with Gasteiger partial charge in [0.2, 0.25) is 0 Å². The second-order valence-electron chi connectivity index (χ2n) is 9.55. The zero-order valence-corrected chi connectivity index (χ0v) is 23.0. The van der Waals surface area contributed by atoms with Gasteiger partial charge in [0.05, 0.1) is 32.6 Å². The number of aromatic amines is 1. The van der Waals surface area contributed by atoms with E-state index in [-0.39, 0.29) is 5.56 Å². The van der Waals surface area contributed by atoms with E-state index in [1.807, 2.05) is 61.5 Å². The highest BCUT2D eigenvalue weighted by Crippen LogP contribution is 2.30. The summed E-state index contributed by atoms with van der Waals surface area (Å²) in [6.45, 7) is 6.47. The Morgan fingerprint density at radius 1 is 1.05 bits per heavy atom. The van der Waals surface area contributed by atoms with Crippen LogP contribution in [0.3, 0.4) is 0 Å². The van der Waals surface area contributed by atoms with E-state index in [1.165, 1.54) is 5.56 Å². The van der Waals surface area contributed by atoms with Crippen LogP contribution >= 0.6 is 0 Å². The van der Waals surface area contributed by atoms with Crippen LogP contribution in [0, 0.1) is 0 Å². The smallest absolute Gasteiger partial charge is 0.253 e. The molecule has 208 valence electrons. The number of furan rings is 1. The minimum absolute atomic E-state index is 0.195. The van der Waals surface area contributed by atoms with E-state index in [4.69, 9.17) is 13.9 Å². The number of tetrazole rings is 1. The highest BCUT2D eigenvalue weighted by molar-refractivity contribution is 5.80. The number of fused-ring (bicyclic) bond motifs is 1. The molecular weight excluding hydrogens is 508 g/mol. The predicted octanol–water partition coefficient (Wildman–Crippen LogP) is 4.51. The topological polar surface area (TPSA) is 111 Å². The molecule has 0 amide bonds. The first-order valence-corrected chi connectivity index (χ1v) is 13.5. The molecule has 3 aromatic heterocycles. The Hall–Kier alpha value is -4.28. The molecule has 1 N–H and O–H groups in total. The van der Waals surface area contributed by atoms with Gasteiger partial charge in [-0.05, 0) is 82.7 Å². The minimum atomic E-state index is -0.582. The Morgan fingerprint density at radius 2 is 1.88 bits per heavy atom.